The van der Waals surface area contributed by atoms with Gasteiger partial charge in [-0.05, 0) is 38.0 Å². The van der Waals surface area contributed by atoms with Crippen LogP contribution in [0.5, 0.6) is 0 Å². The molecule has 0 saturated carbocycles. The first-order chi connectivity index (χ1) is 15.0. The second-order valence-corrected chi connectivity index (χ2v) is 8.18. The van der Waals surface area contributed by atoms with Crippen molar-refractivity contribution in [3.8, 4) is 0 Å². The lowest BCUT2D eigenvalue weighted by Crippen LogP contribution is -2.58. The molecule has 1 N–H and O–H groups in total. The first kappa shape index (κ1) is 21.1. The molecule has 2 aliphatic heterocycles. The van der Waals surface area contributed by atoms with Gasteiger partial charge >= 0.3 is 0 Å². The molecule has 0 aromatic heterocycles. The van der Waals surface area contributed by atoms with Crippen LogP contribution in [0, 0.1) is 6.92 Å². The zero-order valence-electron chi connectivity index (χ0n) is 18.1. The van der Waals surface area contributed by atoms with Crippen molar-refractivity contribution >= 4 is 23.3 Å². The fourth-order valence-corrected chi connectivity index (χ4v) is 3.93. The molecule has 7 heteroatoms. The number of nitrogens with zero attached hydrogens (tertiary/aromatic N) is 4. The number of hydrazine groups is 1. The number of aryl methyl sites for hydroxylation is 1. The molecule has 0 aliphatic carbocycles. The van der Waals surface area contributed by atoms with Crippen molar-refractivity contribution in [3.05, 3.63) is 65.7 Å². The quantitative estimate of drug-likeness (QED) is 0.826. The Bertz CT molecular complexity index is 958. The molecule has 2 aromatic rings. The number of amides is 2. The number of amidine groups is 1. The Morgan fingerprint density at radius 3 is 2.52 bits per heavy atom. The summed E-state index contributed by atoms with van der Waals surface area (Å²) < 4.78 is 0. The molecule has 2 aromatic carbocycles. The van der Waals surface area contributed by atoms with E-state index >= 15 is 0 Å². The maximum atomic E-state index is 13.2. The first-order valence-corrected chi connectivity index (χ1v) is 10.8. The average molecular weight is 420 g/mol. The lowest BCUT2D eigenvalue weighted by atomic mass is 10.1. The summed E-state index contributed by atoms with van der Waals surface area (Å²) in [4.78, 5) is 34.4. The minimum absolute atomic E-state index is 0.155. The third-order valence-electron chi connectivity index (χ3n) is 5.74. The Kier molecular flexibility index (Phi) is 6.32. The summed E-state index contributed by atoms with van der Waals surface area (Å²) >= 11 is 0. The third-order valence-corrected chi connectivity index (χ3v) is 5.74. The first-order valence-electron chi connectivity index (χ1n) is 10.8. The summed E-state index contributed by atoms with van der Waals surface area (Å²) in [6.45, 7) is 7.77. The molecule has 0 unspecified atom stereocenters. The fraction of sp³-hybridized carbons (Fsp3) is 0.375. The Balaban J connectivity index is 1.41. The summed E-state index contributed by atoms with van der Waals surface area (Å²) in [7, 11) is 0. The van der Waals surface area contributed by atoms with Gasteiger partial charge in [0, 0.05) is 32.7 Å². The van der Waals surface area contributed by atoms with Gasteiger partial charge in [-0.2, -0.15) is 0 Å². The molecule has 1 atom stereocenters. The number of hydrogen-bond donors (Lipinski definition) is 1. The van der Waals surface area contributed by atoms with E-state index in [4.69, 9.17) is 0 Å². The zero-order chi connectivity index (χ0) is 21.8. The Morgan fingerprint density at radius 2 is 1.77 bits per heavy atom. The van der Waals surface area contributed by atoms with E-state index in [1.165, 1.54) is 16.1 Å². The largest absolute Gasteiger partial charge is 0.335 e. The monoisotopic (exact) mass is 419 g/mol. The SMILES string of the molecule is Cc1ccc(CN2CCCN(C(=O)C3=N[C@H](C)C(=O)N(c4ccccc4)N3)CC2)cc1. The minimum atomic E-state index is -0.606. The Labute approximate surface area is 183 Å². The van der Waals surface area contributed by atoms with Crippen LogP contribution in [0.1, 0.15) is 24.5 Å². The molecule has 162 valence electrons. The maximum absolute atomic E-state index is 13.2. The molecule has 1 fully saturated rings. The van der Waals surface area contributed by atoms with E-state index in [-0.39, 0.29) is 17.6 Å². The van der Waals surface area contributed by atoms with E-state index in [1.807, 2.05) is 35.2 Å². The van der Waals surface area contributed by atoms with Gasteiger partial charge in [-0.1, -0.05) is 48.0 Å². The van der Waals surface area contributed by atoms with E-state index < -0.39 is 6.04 Å². The molecule has 0 bridgehead atoms. The molecular formula is C24H29N5O2. The minimum Gasteiger partial charge on any atom is -0.335 e. The van der Waals surface area contributed by atoms with Crippen molar-refractivity contribution in [2.24, 2.45) is 4.99 Å². The summed E-state index contributed by atoms with van der Waals surface area (Å²) in [6, 6.07) is 17.3. The Morgan fingerprint density at radius 1 is 1.03 bits per heavy atom. The summed E-state index contributed by atoms with van der Waals surface area (Å²) in [6.07, 6.45) is 0.905. The molecule has 1 saturated heterocycles. The highest BCUT2D eigenvalue weighted by atomic mass is 16.2. The number of aliphatic imine (C=N–C) groups is 1. The van der Waals surface area contributed by atoms with E-state index in [0.29, 0.717) is 18.8 Å². The molecule has 4 rings (SSSR count). The van der Waals surface area contributed by atoms with E-state index in [1.54, 1.807) is 6.92 Å². The van der Waals surface area contributed by atoms with Gasteiger partial charge in [-0.15, -0.1) is 0 Å². The molecule has 2 heterocycles. The van der Waals surface area contributed by atoms with Crippen LogP contribution in [0.15, 0.2) is 59.6 Å². The highest BCUT2D eigenvalue weighted by Gasteiger charge is 2.33. The van der Waals surface area contributed by atoms with Gasteiger partial charge in [0.25, 0.3) is 11.8 Å². The second kappa shape index (κ2) is 9.31. The van der Waals surface area contributed by atoms with Crippen molar-refractivity contribution in [1.29, 1.82) is 0 Å². The third kappa shape index (κ3) is 4.94. The van der Waals surface area contributed by atoms with Gasteiger partial charge in [0.2, 0.25) is 5.84 Å². The van der Waals surface area contributed by atoms with Crippen molar-refractivity contribution in [3.63, 3.8) is 0 Å². The van der Waals surface area contributed by atoms with Gasteiger partial charge in [0.1, 0.15) is 6.04 Å². The van der Waals surface area contributed by atoms with Crippen LogP contribution in [0.3, 0.4) is 0 Å². The van der Waals surface area contributed by atoms with Gasteiger partial charge < -0.3 is 4.90 Å². The summed E-state index contributed by atoms with van der Waals surface area (Å²) in [5.74, 6) is -0.108. The molecule has 0 radical (unpaired) electrons. The topological polar surface area (TPSA) is 68.2 Å². The Hall–Kier alpha value is -3.19. The van der Waals surface area contributed by atoms with Crippen LogP contribution < -0.4 is 10.4 Å². The van der Waals surface area contributed by atoms with Crippen LogP contribution in [-0.2, 0) is 16.1 Å². The van der Waals surface area contributed by atoms with Gasteiger partial charge in [-0.3, -0.25) is 19.9 Å². The van der Waals surface area contributed by atoms with Crippen molar-refractivity contribution < 1.29 is 9.59 Å². The molecule has 2 amide bonds. The van der Waals surface area contributed by atoms with Crippen LogP contribution >= 0.6 is 0 Å². The van der Waals surface area contributed by atoms with Gasteiger partial charge in [0.05, 0.1) is 5.69 Å². The number of carbonyl (C=O) groups excluding carboxylic acids is 2. The maximum Gasteiger partial charge on any atom is 0.290 e. The molecule has 7 nitrogen and oxygen atoms in total. The number of benzene rings is 2. The number of para-hydroxylation sites is 1. The number of anilines is 1. The van der Waals surface area contributed by atoms with E-state index in [2.05, 4.69) is 46.5 Å². The van der Waals surface area contributed by atoms with E-state index in [9.17, 15) is 9.59 Å². The number of carbonyl (C=O) groups is 2. The smallest absolute Gasteiger partial charge is 0.290 e. The van der Waals surface area contributed by atoms with Gasteiger partial charge in [0.15, 0.2) is 0 Å². The highest BCUT2D eigenvalue weighted by molar-refractivity contribution is 6.39. The summed E-state index contributed by atoms with van der Waals surface area (Å²) in [5, 5.41) is 1.42. The van der Waals surface area contributed by atoms with Crippen LogP contribution in [0.25, 0.3) is 0 Å². The lowest BCUT2D eigenvalue weighted by Gasteiger charge is -2.32. The molecule has 2 aliphatic rings. The number of nitrogens with one attached hydrogen (secondary N) is 1. The van der Waals surface area contributed by atoms with Crippen LogP contribution in [0.4, 0.5) is 5.69 Å². The summed E-state index contributed by atoms with van der Waals surface area (Å²) in [5.41, 5.74) is 6.19. The van der Waals surface area contributed by atoms with Gasteiger partial charge in [-0.25, -0.2) is 10.0 Å². The van der Waals surface area contributed by atoms with Crippen molar-refractivity contribution in [1.82, 2.24) is 15.2 Å². The van der Waals surface area contributed by atoms with Crippen LogP contribution in [0.2, 0.25) is 0 Å². The predicted molar refractivity (Wildman–Crippen MR) is 122 cm³/mol. The number of rotatable bonds is 4. The van der Waals surface area contributed by atoms with Crippen LogP contribution in [-0.4, -0.2) is 59.7 Å². The number of hydrogen-bond acceptors (Lipinski definition) is 5. The second-order valence-electron chi connectivity index (χ2n) is 8.18. The molecule has 31 heavy (non-hydrogen) atoms. The van der Waals surface area contributed by atoms with Crippen molar-refractivity contribution in [2.45, 2.75) is 32.9 Å². The molecule has 0 spiro atoms. The highest BCUT2D eigenvalue weighted by Crippen LogP contribution is 2.17. The zero-order valence-corrected chi connectivity index (χ0v) is 18.1. The standard InChI is InChI=1S/C24H29N5O2/c1-18-9-11-20(12-10-18)17-27-13-6-14-28(16-15-27)24(31)22-25-19(2)23(30)29(26-22)21-7-4-3-5-8-21/h3-5,7-12,19H,6,13-17H2,1-2H3,(H,25,26)/t19-/m1/s1. The van der Waals surface area contributed by atoms with E-state index in [0.717, 1.165) is 26.1 Å². The molecular weight excluding hydrogens is 390 g/mol. The normalized spacial score (nSPS) is 20.1. The lowest BCUT2D eigenvalue weighted by molar-refractivity contribution is -0.124. The van der Waals surface area contributed by atoms with Crippen molar-refractivity contribution in [2.75, 3.05) is 31.2 Å². The predicted octanol–water partition coefficient (Wildman–Crippen LogP) is 2.37. The fourth-order valence-electron chi connectivity index (χ4n) is 3.93. The average Bonchev–Trinajstić information content (AvgIpc) is 3.03.